The van der Waals surface area contributed by atoms with Gasteiger partial charge in [0.2, 0.25) is 0 Å². The van der Waals surface area contributed by atoms with Crippen molar-refractivity contribution in [3.8, 4) is 0 Å². The zero-order valence-corrected chi connectivity index (χ0v) is 14.5. The topological polar surface area (TPSA) is 66.8 Å². The summed E-state index contributed by atoms with van der Waals surface area (Å²) in [5.41, 5.74) is 0.484. The standard InChI is InChI=1S/C15H10BrF2NO4S/c1-23-14(22)11-12(13(20)21)24-15(17,18)10-5-2-7-6-8(16)3-4-9(7)19(10)11/h2-6,10H,1H3,(H,20,21). The highest BCUT2D eigenvalue weighted by molar-refractivity contribution is 9.10. The number of anilines is 1. The monoisotopic (exact) mass is 417 g/mol. The number of hydrogen-bond donors (Lipinski definition) is 1. The first-order valence-corrected chi connectivity index (χ1v) is 8.27. The Morgan fingerprint density at radius 2 is 2.12 bits per heavy atom. The number of carboxylic acid groups (broad SMARTS) is 1. The SMILES string of the molecule is COC(=O)C1=C(C(=O)O)SC(F)(F)C2C=Cc3cc(Br)ccc3N12. The lowest BCUT2D eigenvalue weighted by molar-refractivity contribution is -0.138. The molecule has 1 atom stereocenters. The maximum atomic E-state index is 14.5. The lowest BCUT2D eigenvalue weighted by Crippen LogP contribution is -2.51. The number of thioether (sulfide) groups is 1. The first kappa shape index (κ1) is 17.0. The highest BCUT2D eigenvalue weighted by Gasteiger charge is 2.53. The number of carboxylic acids is 1. The molecule has 0 radical (unpaired) electrons. The minimum atomic E-state index is -3.42. The van der Waals surface area contributed by atoms with E-state index in [4.69, 9.17) is 0 Å². The molecule has 0 saturated carbocycles. The van der Waals surface area contributed by atoms with Crippen LogP contribution in [-0.4, -0.2) is 35.5 Å². The van der Waals surface area contributed by atoms with Gasteiger partial charge in [-0.3, -0.25) is 0 Å². The van der Waals surface area contributed by atoms with Gasteiger partial charge in [-0.25, -0.2) is 9.59 Å². The molecule has 24 heavy (non-hydrogen) atoms. The van der Waals surface area contributed by atoms with E-state index in [1.165, 1.54) is 12.2 Å². The van der Waals surface area contributed by atoms with Gasteiger partial charge in [0.05, 0.1) is 7.11 Å². The maximum absolute atomic E-state index is 14.5. The van der Waals surface area contributed by atoms with Gasteiger partial charge in [-0.1, -0.05) is 28.1 Å². The van der Waals surface area contributed by atoms with Crippen LogP contribution in [0.5, 0.6) is 0 Å². The van der Waals surface area contributed by atoms with Crippen molar-refractivity contribution in [3.05, 3.63) is 44.9 Å². The molecule has 1 aromatic carbocycles. The molecular weight excluding hydrogens is 408 g/mol. The summed E-state index contributed by atoms with van der Waals surface area (Å²) in [6, 6.07) is 3.37. The summed E-state index contributed by atoms with van der Waals surface area (Å²) in [4.78, 5) is 23.9. The molecular formula is C15H10BrF2NO4S. The highest BCUT2D eigenvalue weighted by atomic mass is 79.9. The molecule has 0 saturated heterocycles. The Bertz CT molecular complexity index is 809. The van der Waals surface area contributed by atoms with Crippen molar-refractivity contribution in [3.63, 3.8) is 0 Å². The lowest BCUT2D eigenvalue weighted by atomic mass is 10.0. The van der Waals surface area contributed by atoms with Gasteiger partial charge in [-0.2, -0.15) is 8.78 Å². The Morgan fingerprint density at radius 1 is 1.42 bits per heavy atom. The summed E-state index contributed by atoms with van der Waals surface area (Å²) in [5.74, 6) is -2.59. The second kappa shape index (κ2) is 5.89. The van der Waals surface area contributed by atoms with Crippen LogP contribution >= 0.6 is 27.7 Å². The van der Waals surface area contributed by atoms with Crippen LogP contribution in [0.1, 0.15) is 5.56 Å². The summed E-state index contributed by atoms with van der Waals surface area (Å²) >= 11 is 3.15. The van der Waals surface area contributed by atoms with Crippen LogP contribution in [0.15, 0.2) is 39.4 Å². The van der Waals surface area contributed by atoms with Gasteiger partial charge >= 0.3 is 17.2 Å². The molecule has 9 heteroatoms. The molecule has 3 rings (SSSR count). The summed E-state index contributed by atoms with van der Waals surface area (Å²) in [6.07, 6.45) is 2.78. The van der Waals surface area contributed by atoms with Crippen molar-refractivity contribution in [2.45, 2.75) is 11.3 Å². The first-order valence-electron chi connectivity index (χ1n) is 6.66. The Kier molecular flexibility index (Phi) is 4.16. The van der Waals surface area contributed by atoms with Gasteiger partial charge in [-0.05, 0) is 35.5 Å². The number of methoxy groups -OCH3 is 1. The number of nitrogens with zero attached hydrogens (tertiary/aromatic N) is 1. The Morgan fingerprint density at radius 3 is 2.75 bits per heavy atom. The quantitative estimate of drug-likeness (QED) is 0.743. The second-order valence-electron chi connectivity index (χ2n) is 5.02. The van der Waals surface area contributed by atoms with Crippen LogP contribution in [0.25, 0.3) is 6.08 Å². The molecule has 0 fully saturated rings. The molecule has 0 aliphatic carbocycles. The van der Waals surface area contributed by atoms with E-state index in [1.54, 1.807) is 18.2 Å². The van der Waals surface area contributed by atoms with Gasteiger partial charge < -0.3 is 14.7 Å². The molecule has 0 spiro atoms. The van der Waals surface area contributed by atoms with E-state index in [2.05, 4.69) is 20.7 Å². The molecule has 1 N–H and O–H groups in total. The van der Waals surface area contributed by atoms with Crippen molar-refractivity contribution in [2.24, 2.45) is 0 Å². The molecule has 0 bridgehead atoms. The van der Waals surface area contributed by atoms with Gasteiger partial charge in [0, 0.05) is 10.2 Å². The molecule has 2 aliphatic rings. The number of alkyl halides is 2. The fourth-order valence-electron chi connectivity index (χ4n) is 2.62. The van der Waals surface area contributed by atoms with Crippen molar-refractivity contribution < 1.29 is 28.2 Å². The van der Waals surface area contributed by atoms with Crippen molar-refractivity contribution in [1.82, 2.24) is 0 Å². The van der Waals surface area contributed by atoms with Crippen LogP contribution in [0.2, 0.25) is 0 Å². The maximum Gasteiger partial charge on any atom is 0.356 e. The average Bonchev–Trinajstić information content (AvgIpc) is 2.52. The van der Waals surface area contributed by atoms with Gasteiger partial charge in [0.15, 0.2) is 0 Å². The van der Waals surface area contributed by atoms with Crippen LogP contribution in [0.3, 0.4) is 0 Å². The molecule has 2 aliphatic heterocycles. The average molecular weight is 418 g/mol. The third-order valence-electron chi connectivity index (χ3n) is 3.60. The predicted octanol–water partition coefficient (Wildman–Crippen LogP) is 3.46. The number of fused-ring (bicyclic) bond motifs is 3. The van der Waals surface area contributed by atoms with Crippen molar-refractivity contribution in [2.75, 3.05) is 12.0 Å². The summed E-state index contributed by atoms with van der Waals surface area (Å²) in [7, 11) is 1.07. The third kappa shape index (κ3) is 2.61. The van der Waals surface area contributed by atoms with Crippen LogP contribution in [0, 0.1) is 0 Å². The number of ether oxygens (including phenoxy) is 1. The molecule has 1 unspecified atom stereocenters. The van der Waals surface area contributed by atoms with E-state index in [1.807, 2.05) is 0 Å². The number of aliphatic carboxylic acids is 1. The predicted molar refractivity (Wildman–Crippen MR) is 88.7 cm³/mol. The minimum Gasteiger partial charge on any atom is -0.477 e. The number of halogens is 3. The summed E-state index contributed by atoms with van der Waals surface area (Å²) < 4.78 is 34.3. The van der Waals surface area contributed by atoms with Crippen molar-refractivity contribution >= 4 is 51.4 Å². The van der Waals surface area contributed by atoms with Gasteiger partial charge in [0.25, 0.3) is 0 Å². The Hall–Kier alpha value is -1.87. The molecule has 126 valence electrons. The number of benzene rings is 1. The van der Waals surface area contributed by atoms with Crippen LogP contribution < -0.4 is 4.90 Å². The zero-order chi connectivity index (χ0) is 17.6. The lowest BCUT2D eigenvalue weighted by Gasteiger charge is -2.43. The molecule has 0 aromatic heterocycles. The van der Waals surface area contributed by atoms with Crippen LogP contribution in [-0.2, 0) is 14.3 Å². The second-order valence-corrected chi connectivity index (χ2v) is 7.09. The minimum absolute atomic E-state index is 0.144. The molecule has 2 heterocycles. The van der Waals surface area contributed by atoms with E-state index in [9.17, 15) is 23.5 Å². The van der Waals surface area contributed by atoms with Crippen LogP contribution in [0.4, 0.5) is 14.5 Å². The fraction of sp³-hybridized carbons (Fsp3) is 0.200. The largest absolute Gasteiger partial charge is 0.477 e. The van der Waals surface area contributed by atoms with Gasteiger partial charge in [-0.15, -0.1) is 0 Å². The number of carbonyl (C=O) groups is 2. The van der Waals surface area contributed by atoms with Crippen molar-refractivity contribution in [1.29, 1.82) is 0 Å². The van der Waals surface area contributed by atoms with E-state index >= 15 is 0 Å². The first-order chi connectivity index (χ1) is 11.3. The number of rotatable bonds is 2. The fourth-order valence-corrected chi connectivity index (χ4v) is 3.94. The third-order valence-corrected chi connectivity index (χ3v) is 5.18. The number of hydrogen-bond acceptors (Lipinski definition) is 5. The summed E-state index contributed by atoms with van der Waals surface area (Å²) in [5, 5.41) is 5.87. The zero-order valence-electron chi connectivity index (χ0n) is 12.1. The number of carbonyl (C=O) groups excluding carboxylic acids is 1. The Labute approximate surface area is 148 Å². The molecule has 5 nitrogen and oxygen atoms in total. The highest BCUT2D eigenvalue weighted by Crippen LogP contribution is 2.51. The summed E-state index contributed by atoms with van der Waals surface area (Å²) in [6.45, 7) is 0. The Balaban J connectivity index is 2.30. The van der Waals surface area contributed by atoms with E-state index in [-0.39, 0.29) is 11.8 Å². The smallest absolute Gasteiger partial charge is 0.356 e. The van der Waals surface area contributed by atoms with Gasteiger partial charge in [0.1, 0.15) is 16.6 Å². The molecule has 1 aromatic rings. The van der Waals surface area contributed by atoms with E-state index in [0.717, 1.165) is 16.5 Å². The molecule has 0 amide bonds. The number of esters is 1. The normalized spacial score (nSPS) is 21.2. The van der Waals surface area contributed by atoms with E-state index in [0.29, 0.717) is 11.3 Å². The van der Waals surface area contributed by atoms with E-state index < -0.39 is 33.8 Å².